The summed E-state index contributed by atoms with van der Waals surface area (Å²) in [4.78, 5) is 14.2. The zero-order valence-corrected chi connectivity index (χ0v) is 19.1. The molecule has 1 aliphatic heterocycles. The number of hydrogen-bond acceptors (Lipinski definition) is 4. The quantitative estimate of drug-likeness (QED) is 0.711. The van der Waals surface area contributed by atoms with Gasteiger partial charge < -0.3 is 14.2 Å². The van der Waals surface area contributed by atoms with Gasteiger partial charge in [0.15, 0.2) is 0 Å². The number of hydrogen-bond donors (Lipinski definition) is 1. The van der Waals surface area contributed by atoms with E-state index in [4.69, 9.17) is 4.74 Å². The molecule has 2 aliphatic rings. The summed E-state index contributed by atoms with van der Waals surface area (Å²) >= 11 is -1.25. The minimum atomic E-state index is -1.25. The molecule has 0 aromatic heterocycles. The SMILES string of the molecule is CC(C)(C)OC(=O)N1CCC2(CC1)Cc1cc(F)ccc1C2N[S@+]([O-])C(C)(C)C. The highest BCUT2D eigenvalue weighted by Crippen LogP contribution is 2.52. The zero-order valence-electron chi connectivity index (χ0n) is 18.3. The van der Waals surface area contributed by atoms with E-state index < -0.39 is 21.7 Å². The molecule has 1 fully saturated rings. The molecule has 29 heavy (non-hydrogen) atoms. The molecule has 7 heteroatoms. The summed E-state index contributed by atoms with van der Waals surface area (Å²) in [5, 5.41) is 0. The first kappa shape index (κ1) is 22.4. The van der Waals surface area contributed by atoms with Crippen molar-refractivity contribution in [3.63, 3.8) is 0 Å². The van der Waals surface area contributed by atoms with Gasteiger partial charge in [-0.05, 0) is 84.1 Å². The first-order chi connectivity index (χ1) is 13.3. The van der Waals surface area contributed by atoms with Crippen LogP contribution in [-0.4, -0.2) is 39.0 Å². The third kappa shape index (κ3) is 4.89. The lowest BCUT2D eigenvalue weighted by atomic mass is 9.73. The lowest BCUT2D eigenvalue weighted by Gasteiger charge is -2.43. The maximum atomic E-state index is 13.9. The largest absolute Gasteiger partial charge is 0.598 e. The van der Waals surface area contributed by atoms with Gasteiger partial charge in [0.05, 0.1) is 6.04 Å². The van der Waals surface area contributed by atoms with Crippen molar-refractivity contribution in [3.05, 3.63) is 35.1 Å². The zero-order chi connectivity index (χ0) is 21.6. The Morgan fingerprint density at radius 1 is 1.24 bits per heavy atom. The van der Waals surface area contributed by atoms with Crippen LogP contribution in [0.4, 0.5) is 9.18 Å². The van der Waals surface area contributed by atoms with Crippen molar-refractivity contribution in [1.82, 2.24) is 9.62 Å². The minimum absolute atomic E-state index is 0.126. The van der Waals surface area contributed by atoms with Gasteiger partial charge in [0.2, 0.25) is 0 Å². The molecule has 0 saturated carbocycles. The number of halogens is 1. The average molecular weight is 425 g/mol. The fourth-order valence-electron chi connectivity index (χ4n) is 4.22. The van der Waals surface area contributed by atoms with Crippen LogP contribution in [0.3, 0.4) is 0 Å². The van der Waals surface area contributed by atoms with E-state index in [-0.39, 0.29) is 23.4 Å². The topological polar surface area (TPSA) is 64.6 Å². The summed E-state index contributed by atoms with van der Waals surface area (Å²) in [5.74, 6) is -0.248. The van der Waals surface area contributed by atoms with Gasteiger partial charge in [-0.15, -0.1) is 4.72 Å². The molecule has 1 spiro atoms. The summed E-state index contributed by atoms with van der Waals surface area (Å²) in [6, 6.07) is 4.76. The molecule has 162 valence electrons. The van der Waals surface area contributed by atoms with E-state index in [2.05, 4.69) is 4.72 Å². The minimum Gasteiger partial charge on any atom is -0.598 e. The highest BCUT2D eigenvalue weighted by Gasteiger charge is 2.51. The van der Waals surface area contributed by atoms with Gasteiger partial charge >= 0.3 is 6.09 Å². The van der Waals surface area contributed by atoms with E-state index in [0.29, 0.717) is 13.1 Å². The van der Waals surface area contributed by atoms with E-state index in [0.717, 1.165) is 30.4 Å². The summed E-state index contributed by atoms with van der Waals surface area (Å²) < 4.78 is 35.2. The molecular formula is C22H33FN2O3S. The molecule has 5 nitrogen and oxygen atoms in total. The molecule has 1 heterocycles. The molecule has 0 bridgehead atoms. The van der Waals surface area contributed by atoms with Crippen molar-refractivity contribution in [2.75, 3.05) is 13.1 Å². The Bertz CT molecular complexity index is 764. The summed E-state index contributed by atoms with van der Waals surface area (Å²) in [5.41, 5.74) is 1.28. The number of benzene rings is 1. The standard InChI is InChI=1S/C22H33FN2O3S/c1-20(2,3)28-19(26)25-11-9-22(10-12-25)14-15-13-16(23)7-8-17(15)18(22)24-29(27)21(4,5)6/h7-8,13,18,24H,9-12,14H2,1-6H3/t18?,29-/m1/s1. The molecule has 1 saturated heterocycles. The molecule has 1 amide bonds. The smallest absolute Gasteiger partial charge is 0.410 e. The number of nitrogens with one attached hydrogen (secondary N) is 1. The van der Waals surface area contributed by atoms with Crippen molar-refractivity contribution in [1.29, 1.82) is 0 Å². The van der Waals surface area contributed by atoms with Crippen LogP contribution in [-0.2, 0) is 22.5 Å². The van der Waals surface area contributed by atoms with Crippen LogP contribution in [0.25, 0.3) is 0 Å². The summed E-state index contributed by atoms with van der Waals surface area (Å²) in [6.45, 7) is 12.6. The first-order valence-electron chi connectivity index (χ1n) is 10.3. The highest BCUT2D eigenvalue weighted by molar-refractivity contribution is 7.90. The number of ether oxygens (including phenoxy) is 1. The summed E-state index contributed by atoms with van der Waals surface area (Å²) in [6.07, 6.45) is 1.93. The number of amides is 1. The molecule has 1 aromatic rings. The van der Waals surface area contributed by atoms with E-state index in [1.54, 1.807) is 11.0 Å². The van der Waals surface area contributed by atoms with Crippen molar-refractivity contribution in [2.24, 2.45) is 5.41 Å². The van der Waals surface area contributed by atoms with Gasteiger partial charge in [-0.2, -0.15) is 0 Å². The maximum Gasteiger partial charge on any atom is 0.410 e. The maximum absolute atomic E-state index is 13.9. The predicted molar refractivity (Wildman–Crippen MR) is 113 cm³/mol. The van der Waals surface area contributed by atoms with Gasteiger partial charge in [-0.3, -0.25) is 0 Å². The number of carbonyl (C=O) groups is 1. The number of likely N-dealkylation sites (tertiary alicyclic amines) is 1. The van der Waals surface area contributed by atoms with Gasteiger partial charge in [0.1, 0.15) is 16.2 Å². The molecule has 1 aliphatic carbocycles. The monoisotopic (exact) mass is 424 g/mol. The van der Waals surface area contributed by atoms with Crippen molar-refractivity contribution in [3.8, 4) is 0 Å². The molecule has 2 atom stereocenters. The first-order valence-corrected chi connectivity index (χ1v) is 11.4. The van der Waals surface area contributed by atoms with Gasteiger partial charge in [0.25, 0.3) is 0 Å². The second-order valence-corrected chi connectivity index (χ2v) is 12.3. The Hall–Kier alpha value is -1.31. The number of piperidine rings is 1. The second kappa shape index (κ2) is 7.75. The molecule has 1 aromatic carbocycles. The van der Waals surface area contributed by atoms with Crippen molar-refractivity contribution in [2.45, 2.75) is 77.2 Å². The van der Waals surface area contributed by atoms with E-state index >= 15 is 0 Å². The molecule has 3 rings (SSSR count). The van der Waals surface area contributed by atoms with Crippen LogP contribution in [0, 0.1) is 11.2 Å². The summed E-state index contributed by atoms with van der Waals surface area (Å²) in [7, 11) is 0. The van der Waals surface area contributed by atoms with Crippen LogP contribution in [0.2, 0.25) is 0 Å². The lowest BCUT2D eigenvalue weighted by molar-refractivity contribution is 0.00716. The fraction of sp³-hybridized carbons (Fsp3) is 0.682. The normalized spacial score (nSPS) is 22.5. The Balaban J connectivity index is 1.81. The Morgan fingerprint density at radius 3 is 2.41 bits per heavy atom. The van der Waals surface area contributed by atoms with Crippen LogP contribution in [0.5, 0.6) is 0 Å². The van der Waals surface area contributed by atoms with E-state index in [1.807, 2.05) is 47.6 Å². The highest BCUT2D eigenvalue weighted by atomic mass is 32.2. The Labute approximate surface area is 176 Å². The number of carbonyl (C=O) groups excluding carboxylic acids is 1. The van der Waals surface area contributed by atoms with Crippen LogP contribution in [0.15, 0.2) is 18.2 Å². The third-order valence-corrected chi connectivity index (χ3v) is 7.33. The Kier molecular flexibility index (Phi) is 5.98. The second-order valence-electron chi connectivity index (χ2n) is 10.3. The average Bonchev–Trinajstić information content (AvgIpc) is 2.85. The molecule has 0 radical (unpaired) electrons. The number of fused-ring (bicyclic) bond motifs is 1. The third-order valence-electron chi connectivity index (χ3n) is 5.76. The number of nitrogens with zero attached hydrogens (tertiary/aromatic N) is 1. The predicted octanol–water partition coefficient (Wildman–Crippen LogP) is 4.49. The van der Waals surface area contributed by atoms with E-state index in [9.17, 15) is 13.7 Å². The number of rotatable bonds is 2. The molecule has 1 unspecified atom stereocenters. The molecule has 1 N–H and O–H groups in total. The van der Waals surface area contributed by atoms with E-state index in [1.165, 1.54) is 6.07 Å². The van der Waals surface area contributed by atoms with Crippen LogP contribution in [0.1, 0.15) is 71.6 Å². The molecular weight excluding hydrogens is 391 g/mol. The Morgan fingerprint density at radius 2 is 1.86 bits per heavy atom. The van der Waals surface area contributed by atoms with Crippen molar-refractivity contribution >= 4 is 17.5 Å². The van der Waals surface area contributed by atoms with Crippen LogP contribution >= 0.6 is 0 Å². The van der Waals surface area contributed by atoms with Gasteiger partial charge in [0, 0.05) is 29.9 Å². The van der Waals surface area contributed by atoms with Crippen LogP contribution < -0.4 is 4.72 Å². The lowest BCUT2D eigenvalue weighted by Crippen LogP contribution is -2.51. The van der Waals surface area contributed by atoms with Crippen molar-refractivity contribution < 1.29 is 18.5 Å². The van der Waals surface area contributed by atoms with Gasteiger partial charge in [-0.1, -0.05) is 6.07 Å². The fourth-order valence-corrected chi connectivity index (χ4v) is 5.16. The van der Waals surface area contributed by atoms with Gasteiger partial charge in [-0.25, -0.2) is 9.18 Å².